The molecular formula is C15H25NO3S. The van der Waals surface area contributed by atoms with Gasteiger partial charge in [-0.15, -0.1) is 6.58 Å². The molecule has 0 aromatic rings. The van der Waals surface area contributed by atoms with Gasteiger partial charge in [0, 0.05) is 6.54 Å². The van der Waals surface area contributed by atoms with Crippen LogP contribution in [0.25, 0.3) is 0 Å². The van der Waals surface area contributed by atoms with E-state index in [1.165, 1.54) is 0 Å². The van der Waals surface area contributed by atoms with E-state index >= 15 is 0 Å². The van der Waals surface area contributed by atoms with Gasteiger partial charge in [-0.05, 0) is 25.1 Å². The maximum atomic E-state index is 11.4. The highest BCUT2D eigenvalue weighted by Gasteiger charge is 2.23. The Morgan fingerprint density at radius 2 is 2.10 bits per heavy atom. The molecule has 1 aliphatic rings. The smallest absolute Gasteiger partial charge is 0.267 e. The highest BCUT2D eigenvalue weighted by molar-refractivity contribution is 7.86. The van der Waals surface area contributed by atoms with Crippen molar-refractivity contribution in [2.45, 2.75) is 50.3 Å². The normalized spacial score (nSPS) is 20.1. The lowest BCUT2D eigenvalue weighted by atomic mass is 10.1. The van der Waals surface area contributed by atoms with Crippen molar-refractivity contribution in [2.75, 3.05) is 6.54 Å². The van der Waals surface area contributed by atoms with Crippen molar-refractivity contribution in [3.05, 3.63) is 37.1 Å². The Kier molecular flexibility index (Phi) is 7.02. The van der Waals surface area contributed by atoms with Crippen molar-refractivity contribution in [1.82, 2.24) is 4.90 Å². The van der Waals surface area contributed by atoms with Gasteiger partial charge in [-0.2, -0.15) is 8.42 Å². The summed E-state index contributed by atoms with van der Waals surface area (Å²) in [4.78, 5) is 2.03. The molecule has 0 amide bonds. The summed E-state index contributed by atoms with van der Waals surface area (Å²) < 4.78 is 32.2. The highest BCUT2D eigenvalue weighted by atomic mass is 32.2. The van der Waals surface area contributed by atoms with E-state index < -0.39 is 15.4 Å². The summed E-state index contributed by atoms with van der Waals surface area (Å²) in [6.45, 7) is 6.44. The van der Waals surface area contributed by atoms with Crippen LogP contribution in [0.4, 0.5) is 0 Å². The Balaban J connectivity index is 2.55. The molecule has 114 valence electrons. The molecule has 4 nitrogen and oxygen atoms in total. The molecule has 0 saturated carbocycles. The van der Waals surface area contributed by atoms with E-state index in [1.54, 1.807) is 0 Å². The van der Waals surface area contributed by atoms with Crippen molar-refractivity contribution < 1.29 is 13.0 Å². The predicted molar refractivity (Wildman–Crippen MR) is 83.1 cm³/mol. The van der Waals surface area contributed by atoms with Crippen LogP contribution in [-0.4, -0.2) is 35.7 Å². The van der Waals surface area contributed by atoms with E-state index in [4.69, 9.17) is 0 Å². The maximum Gasteiger partial charge on any atom is 0.267 e. The molecule has 1 rings (SSSR count). The van der Waals surface area contributed by atoms with Crippen LogP contribution in [0.15, 0.2) is 37.1 Å². The quantitative estimate of drug-likeness (QED) is 0.404. The molecule has 0 aliphatic carbocycles. The SMILES string of the molecule is C=CC1C=CC=CN1CCC(CCCCC)S(=O)(=O)O. The van der Waals surface area contributed by atoms with E-state index in [0.29, 0.717) is 19.4 Å². The van der Waals surface area contributed by atoms with Crippen LogP contribution >= 0.6 is 0 Å². The molecule has 20 heavy (non-hydrogen) atoms. The zero-order valence-electron chi connectivity index (χ0n) is 12.1. The molecule has 0 aromatic heterocycles. The Morgan fingerprint density at radius 3 is 2.70 bits per heavy atom. The molecule has 0 saturated heterocycles. The second-order valence-electron chi connectivity index (χ2n) is 5.11. The van der Waals surface area contributed by atoms with Gasteiger partial charge >= 0.3 is 0 Å². The first-order valence-electron chi connectivity index (χ1n) is 7.18. The highest BCUT2D eigenvalue weighted by Crippen LogP contribution is 2.17. The summed E-state index contributed by atoms with van der Waals surface area (Å²) in [7, 11) is -3.96. The third-order valence-corrected chi connectivity index (χ3v) is 4.90. The van der Waals surface area contributed by atoms with E-state index in [2.05, 4.69) is 13.5 Å². The zero-order valence-corrected chi connectivity index (χ0v) is 12.9. The zero-order chi connectivity index (χ0) is 15.0. The first-order chi connectivity index (χ1) is 9.49. The Labute approximate surface area is 122 Å². The molecular weight excluding hydrogens is 274 g/mol. The van der Waals surface area contributed by atoms with Gasteiger partial charge in [-0.25, -0.2) is 0 Å². The second kappa shape index (κ2) is 8.27. The lowest BCUT2D eigenvalue weighted by molar-refractivity contribution is 0.339. The van der Waals surface area contributed by atoms with E-state index in [1.807, 2.05) is 35.4 Å². The van der Waals surface area contributed by atoms with Crippen LogP contribution in [0.5, 0.6) is 0 Å². The van der Waals surface area contributed by atoms with Crippen molar-refractivity contribution in [3.8, 4) is 0 Å². The van der Waals surface area contributed by atoms with Gasteiger partial charge in [0.1, 0.15) is 0 Å². The van der Waals surface area contributed by atoms with Crippen LogP contribution in [-0.2, 0) is 10.1 Å². The second-order valence-corrected chi connectivity index (χ2v) is 6.81. The summed E-state index contributed by atoms with van der Waals surface area (Å²) in [5.74, 6) is 0. The van der Waals surface area contributed by atoms with Gasteiger partial charge in [0.15, 0.2) is 0 Å². The number of nitrogens with zero attached hydrogens (tertiary/aromatic N) is 1. The van der Waals surface area contributed by atoms with Gasteiger partial charge in [-0.1, -0.05) is 44.4 Å². The summed E-state index contributed by atoms with van der Waals surface area (Å²) in [6.07, 6.45) is 13.4. The molecule has 0 aromatic carbocycles. The molecule has 0 radical (unpaired) electrons. The minimum Gasteiger partial charge on any atom is -0.368 e. The van der Waals surface area contributed by atoms with Crippen LogP contribution in [0, 0.1) is 0 Å². The molecule has 1 heterocycles. The Morgan fingerprint density at radius 1 is 1.35 bits per heavy atom. The largest absolute Gasteiger partial charge is 0.368 e. The van der Waals surface area contributed by atoms with E-state index in [9.17, 15) is 13.0 Å². The van der Waals surface area contributed by atoms with Gasteiger partial charge in [0.25, 0.3) is 10.1 Å². The minimum atomic E-state index is -3.96. The first-order valence-corrected chi connectivity index (χ1v) is 8.69. The molecule has 2 unspecified atom stereocenters. The fourth-order valence-corrected chi connectivity index (χ4v) is 3.21. The minimum absolute atomic E-state index is 0.0951. The van der Waals surface area contributed by atoms with Crippen molar-refractivity contribution in [2.24, 2.45) is 0 Å². The number of hydrogen-bond acceptors (Lipinski definition) is 3. The summed E-state index contributed by atoms with van der Waals surface area (Å²) >= 11 is 0. The van der Waals surface area contributed by atoms with Crippen LogP contribution in [0.2, 0.25) is 0 Å². The van der Waals surface area contributed by atoms with Crippen LogP contribution in [0.3, 0.4) is 0 Å². The van der Waals surface area contributed by atoms with Gasteiger partial charge in [0.05, 0.1) is 11.3 Å². The van der Waals surface area contributed by atoms with E-state index in [0.717, 1.165) is 19.3 Å². The van der Waals surface area contributed by atoms with Crippen LogP contribution in [0.1, 0.15) is 39.0 Å². The number of rotatable bonds is 9. The molecule has 1 N–H and O–H groups in total. The van der Waals surface area contributed by atoms with Crippen molar-refractivity contribution in [3.63, 3.8) is 0 Å². The monoisotopic (exact) mass is 299 g/mol. The molecule has 1 aliphatic heterocycles. The molecule has 2 atom stereocenters. The first kappa shape index (κ1) is 17.0. The Bertz CT molecular complexity index is 454. The average Bonchev–Trinajstić information content (AvgIpc) is 2.41. The number of allylic oxidation sites excluding steroid dienone is 2. The third-order valence-electron chi connectivity index (χ3n) is 3.58. The Hall–Kier alpha value is -1.07. The summed E-state index contributed by atoms with van der Waals surface area (Å²) in [5.41, 5.74) is 0. The summed E-state index contributed by atoms with van der Waals surface area (Å²) in [5, 5.41) is -0.668. The molecule has 5 heteroatoms. The summed E-state index contributed by atoms with van der Waals surface area (Å²) in [6, 6.07) is 0.0951. The molecule has 0 spiro atoms. The predicted octanol–water partition coefficient (Wildman–Crippen LogP) is 3.15. The fraction of sp³-hybridized carbons (Fsp3) is 0.600. The topological polar surface area (TPSA) is 57.6 Å². The van der Waals surface area contributed by atoms with Crippen molar-refractivity contribution in [1.29, 1.82) is 0 Å². The van der Waals surface area contributed by atoms with Gasteiger partial charge < -0.3 is 4.90 Å². The lowest BCUT2D eigenvalue weighted by Gasteiger charge is -2.29. The number of unbranched alkanes of at least 4 members (excludes halogenated alkanes) is 2. The average molecular weight is 299 g/mol. The van der Waals surface area contributed by atoms with Gasteiger partial charge in [0.2, 0.25) is 0 Å². The molecule has 0 bridgehead atoms. The number of hydrogen-bond donors (Lipinski definition) is 1. The fourth-order valence-electron chi connectivity index (χ4n) is 2.34. The lowest BCUT2D eigenvalue weighted by Crippen LogP contribution is -2.33. The van der Waals surface area contributed by atoms with Crippen LogP contribution < -0.4 is 0 Å². The van der Waals surface area contributed by atoms with Crippen molar-refractivity contribution >= 4 is 10.1 Å². The third kappa shape index (κ3) is 5.51. The van der Waals surface area contributed by atoms with E-state index in [-0.39, 0.29) is 6.04 Å². The maximum absolute atomic E-state index is 11.4. The molecule has 0 fully saturated rings. The van der Waals surface area contributed by atoms with Gasteiger partial charge in [-0.3, -0.25) is 4.55 Å². The standard InChI is InChI=1S/C15H25NO3S/c1-3-5-6-10-15(20(17,18)19)11-13-16-12-8-7-9-14(16)4-2/h4,7-9,12,14-15H,2-3,5-6,10-11,13H2,1H3,(H,17,18,19).